The molecule has 0 unspecified atom stereocenters. The number of pyridine rings is 1. The summed E-state index contributed by atoms with van der Waals surface area (Å²) < 4.78 is 23.1. The fourth-order valence-electron chi connectivity index (χ4n) is 4.91. The van der Waals surface area contributed by atoms with E-state index < -0.39 is 9.84 Å². The third-order valence-electron chi connectivity index (χ3n) is 6.53. The zero-order valence-corrected chi connectivity index (χ0v) is 16.7. The maximum absolute atomic E-state index is 12.6. The van der Waals surface area contributed by atoms with Crippen LogP contribution < -0.4 is 4.90 Å². The zero-order valence-electron chi connectivity index (χ0n) is 15.9. The van der Waals surface area contributed by atoms with Crippen LogP contribution in [0, 0.1) is 5.41 Å². The molecule has 2 aliphatic heterocycles. The van der Waals surface area contributed by atoms with E-state index in [0.717, 1.165) is 18.9 Å². The molecule has 0 radical (unpaired) electrons. The van der Waals surface area contributed by atoms with Crippen LogP contribution in [-0.2, 0) is 9.84 Å². The van der Waals surface area contributed by atoms with E-state index in [9.17, 15) is 13.2 Å². The Hall–Kier alpha value is -1.63. The number of amides is 1. The molecule has 1 aromatic rings. The summed E-state index contributed by atoms with van der Waals surface area (Å²) in [7, 11) is -2.98. The van der Waals surface area contributed by atoms with Crippen LogP contribution in [0.15, 0.2) is 18.3 Å². The molecule has 0 N–H and O–H groups in total. The molecule has 3 heterocycles. The summed E-state index contributed by atoms with van der Waals surface area (Å²) >= 11 is 0. The zero-order chi connectivity index (χ0) is 18.9. The van der Waals surface area contributed by atoms with Crippen LogP contribution in [0.5, 0.6) is 0 Å². The van der Waals surface area contributed by atoms with Crippen molar-refractivity contribution < 1.29 is 13.2 Å². The molecule has 0 bridgehead atoms. The van der Waals surface area contributed by atoms with E-state index in [1.807, 2.05) is 12.1 Å². The van der Waals surface area contributed by atoms with E-state index in [1.54, 1.807) is 11.1 Å². The van der Waals surface area contributed by atoms with Gasteiger partial charge in [0.2, 0.25) is 0 Å². The minimum Gasteiger partial charge on any atom is -0.356 e. The van der Waals surface area contributed by atoms with Crippen molar-refractivity contribution in [3.05, 3.63) is 23.9 Å². The minimum absolute atomic E-state index is 0.0557. The highest BCUT2D eigenvalue weighted by atomic mass is 32.2. The molecule has 3 fully saturated rings. The quantitative estimate of drug-likeness (QED) is 0.775. The highest BCUT2D eigenvalue weighted by Gasteiger charge is 2.36. The van der Waals surface area contributed by atoms with E-state index >= 15 is 0 Å². The molecule has 1 aliphatic carbocycles. The molecule has 0 atom stereocenters. The topological polar surface area (TPSA) is 70.6 Å². The van der Waals surface area contributed by atoms with Gasteiger partial charge in [-0.25, -0.2) is 13.4 Å². The standard InChI is InChI=1S/C20H29N3O3S/c24-19(22-11-13-27(25,26)14-12-22)17-5-6-18(21-15-17)23-10-4-9-20(16-23)7-2-1-3-8-20/h5-6,15H,1-4,7-14,16H2. The van der Waals surface area contributed by atoms with Crippen molar-refractivity contribution in [1.82, 2.24) is 9.88 Å². The van der Waals surface area contributed by atoms with Gasteiger partial charge >= 0.3 is 0 Å². The second kappa shape index (κ2) is 7.41. The summed E-state index contributed by atoms with van der Waals surface area (Å²) in [5, 5.41) is 0. The Bertz CT molecular complexity index is 766. The van der Waals surface area contributed by atoms with Crippen LogP contribution in [0.25, 0.3) is 0 Å². The van der Waals surface area contributed by atoms with Crippen LogP contribution in [0.2, 0.25) is 0 Å². The predicted octanol–water partition coefficient (Wildman–Crippen LogP) is 2.50. The molecule has 27 heavy (non-hydrogen) atoms. The average Bonchev–Trinajstić information content (AvgIpc) is 2.68. The van der Waals surface area contributed by atoms with Gasteiger partial charge in [-0.05, 0) is 43.2 Å². The van der Waals surface area contributed by atoms with Crippen LogP contribution in [0.1, 0.15) is 55.3 Å². The van der Waals surface area contributed by atoms with Crippen LogP contribution in [0.3, 0.4) is 0 Å². The summed E-state index contributed by atoms with van der Waals surface area (Å²) in [6.07, 6.45) is 10.9. The van der Waals surface area contributed by atoms with Crippen LogP contribution in [0.4, 0.5) is 5.82 Å². The first-order valence-electron chi connectivity index (χ1n) is 10.2. The summed E-state index contributed by atoms with van der Waals surface area (Å²) in [6.45, 7) is 2.67. The van der Waals surface area contributed by atoms with Crippen molar-refractivity contribution in [3.8, 4) is 0 Å². The molecule has 1 amide bonds. The molecule has 1 saturated carbocycles. The molecule has 2 saturated heterocycles. The lowest BCUT2D eigenvalue weighted by molar-refractivity contribution is 0.0770. The Kier molecular flexibility index (Phi) is 5.14. The van der Waals surface area contributed by atoms with Gasteiger partial charge in [0.25, 0.3) is 5.91 Å². The van der Waals surface area contributed by atoms with Gasteiger partial charge in [-0.3, -0.25) is 4.79 Å². The van der Waals surface area contributed by atoms with Crippen LogP contribution in [-0.4, -0.2) is 61.9 Å². The largest absolute Gasteiger partial charge is 0.356 e. The van der Waals surface area contributed by atoms with Gasteiger partial charge in [0.15, 0.2) is 9.84 Å². The lowest BCUT2D eigenvalue weighted by Crippen LogP contribution is -2.45. The smallest absolute Gasteiger partial charge is 0.255 e. The fraction of sp³-hybridized carbons (Fsp3) is 0.700. The number of carbonyl (C=O) groups excluding carboxylic acids is 1. The molecule has 1 spiro atoms. The second-order valence-electron chi connectivity index (χ2n) is 8.43. The molecular weight excluding hydrogens is 362 g/mol. The predicted molar refractivity (Wildman–Crippen MR) is 106 cm³/mol. The summed E-state index contributed by atoms with van der Waals surface area (Å²) in [6, 6.07) is 3.80. The summed E-state index contributed by atoms with van der Waals surface area (Å²) in [4.78, 5) is 21.2. The fourth-order valence-corrected chi connectivity index (χ4v) is 6.11. The number of sulfone groups is 1. The number of carbonyl (C=O) groups is 1. The maximum atomic E-state index is 12.6. The minimum atomic E-state index is -2.98. The van der Waals surface area contributed by atoms with Crippen molar-refractivity contribution in [2.75, 3.05) is 42.6 Å². The molecule has 4 rings (SSSR count). The normalized spacial score (nSPS) is 24.7. The number of hydrogen-bond acceptors (Lipinski definition) is 5. The average molecular weight is 392 g/mol. The molecule has 3 aliphatic rings. The molecule has 6 nitrogen and oxygen atoms in total. The molecule has 0 aromatic carbocycles. The molecular formula is C20H29N3O3S. The van der Waals surface area contributed by atoms with Crippen molar-refractivity contribution in [3.63, 3.8) is 0 Å². The van der Waals surface area contributed by atoms with E-state index in [4.69, 9.17) is 0 Å². The van der Waals surface area contributed by atoms with Gasteiger partial charge in [0.1, 0.15) is 5.82 Å². The first-order chi connectivity index (χ1) is 13.0. The summed E-state index contributed by atoms with van der Waals surface area (Å²) in [5.41, 5.74) is 1.01. The van der Waals surface area contributed by atoms with Crippen molar-refractivity contribution in [1.29, 1.82) is 0 Å². The van der Waals surface area contributed by atoms with Crippen molar-refractivity contribution >= 4 is 21.6 Å². The third-order valence-corrected chi connectivity index (χ3v) is 8.14. The van der Waals surface area contributed by atoms with E-state index in [-0.39, 0.29) is 30.5 Å². The summed E-state index contributed by atoms with van der Waals surface area (Å²) in [5.74, 6) is 0.948. The van der Waals surface area contributed by atoms with Crippen molar-refractivity contribution in [2.24, 2.45) is 5.41 Å². The van der Waals surface area contributed by atoms with Gasteiger partial charge in [-0.1, -0.05) is 19.3 Å². The Morgan fingerprint density at radius 3 is 2.33 bits per heavy atom. The number of piperidine rings is 1. The second-order valence-corrected chi connectivity index (χ2v) is 10.7. The lowest BCUT2D eigenvalue weighted by Gasteiger charge is -2.45. The van der Waals surface area contributed by atoms with E-state index in [1.165, 1.54) is 44.9 Å². The number of aromatic nitrogens is 1. The Morgan fingerprint density at radius 2 is 1.67 bits per heavy atom. The highest BCUT2D eigenvalue weighted by molar-refractivity contribution is 7.91. The van der Waals surface area contributed by atoms with E-state index in [2.05, 4.69) is 9.88 Å². The number of anilines is 1. The van der Waals surface area contributed by atoms with Crippen molar-refractivity contribution in [2.45, 2.75) is 44.9 Å². The Balaban J connectivity index is 1.42. The van der Waals surface area contributed by atoms with Crippen LogP contribution >= 0.6 is 0 Å². The number of hydrogen-bond donors (Lipinski definition) is 0. The van der Waals surface area contributed by atoms with Gasteiger partial charge in [-0.2, -0.15) is 0 Å². The van der Waals surface area contributed by atoms with Gasteiger partial charge in [0.05, 0.1) is 17.1 Å². The van der Waals surface area contributed by atoms with Gasteiger partial charge in [0, 0.05) is 32.4 Å². The first-order valence-corrected chi connectivity index (χ1v) is 12.0. The maximum Gasteiger partial charge on any atom is 0.255 e. The van der Waals surface area contributed by atoms with E-state index in [0.29, 0.717) is 11.0 Å². The van der Waals surface area contributed by atoms with Gasteiger partial charge < -0.3 is 9.80 Å². The number of nitrogens with zero attached hydrogens (tertiary/aromatic N) is 3. The third kappa shape index (κ3) is 4.13. The number of rotatable bonds is 2. The molecule has 1 aromatic heterocycles. The Morgan fingerprint density at radius 1 is 0.963 bits per heavy atom. The lowest BCUT2D eigenvalue weighted by atomic mass is 9.69. The Labute approximate surface area is 161 Å². The molecule has 148 valence electrons. The van der Waals surface area contributed by atoms with Gasteiger partial charge in [-0.15, -0.1) is 0 Å². The highest BCUT2D eigenvalue weighted by Crippen LogP contribution is 2.43. The molecule has 7 heteroatoms. The first kappa shape index (κ1) is 18.7. The SMILES string of the molecule is O=C(c1ccc(N2CCCC3(CCCCC3)C2)nc1)N1CCS(=O)(=O)CC1. The monoisotopic (exact) mass is 391 g/mol.